The fourth-order valence-corrected chi connectivity index (χ4v) is 3.32. The van der Waals surface area contributed by atoms with Crippen molar-refractivity contribution in [1.29, 1.82) is 0 Å². The van der Waals surface area contributed by atoms with Gasteiger partial charge in [-0.25, -0.2) is 4.98 Å². The van der Waals surface area contributed by atoms with Crippen LogP contribution in [0.5, 0.6) is 0 Å². The third-order valence-corrected chi connectivity index (χ3v) is 4.33. The third kappa shape index (κ3) is 3.65. The van der Waals surface area contributed by atoms with Crippen LogP contribution in [0.4, 0.5) is 5.69 Å². The number of nitrogens with one attached hydrogen (secondary N) is 1. The summed E-state index contributed by atoms with van der Waals surface area (Å²) >= 11 is 1.69. The number of nitrogens with zero attached hydrogens (tertiary/aromatic N) is 2. The molecule has 0 radical (unpaired) electrons. The van der Waals surface area contributed by atoms with Crippen LogP contribution in [0, 0.1) is 24.0 Å². The Morgan fingerprint density at radius 2 is 2.00 bits per heavy atom. The predicted molar refractivity (Wildman–Crippen MR) is 84.7 cm³/mol. The van der Waals surface area contributed by atoms with Gasteiger partial charge in [0, 0.05) is 29.1 Å². The lowest BCUT2D eigenvalue weighted by Gasteiger charge is -2.19. The summed E-state index contributed by atoms with van der Waals surface area (Å²) in [6, 6.07) is 6.85. The lowest BCUT2D eigenvalue weighted by molar-refractivity contribution is -0.384. The second kappa shape index (κ2) is 6.32. The van der Waals surface area contributed by atoms with E-state index in [2.05, 4.69) is 24.1 Å². The van der Waals surface area contributed by atoms with Gasteiger partial charge in [0.2, 0.25) is 0 Å². The number of aryl methyl sites for hydroxylation is 2. The Morgan fingerprint density at radius 1 is 1.29 bits per heavy atom. The van der Waals surface area contributed by atoms with E-state index in [9.17, 15) is 10.1 Å². The van der Waals surface area contributed by atoms with Crippen molar-refractivity contribution >= 4 is 17.0 Å². The Kier molecular flexibility index (Phi) is 4.69. The molecule has 1 aromatic heterocycles. The van der Waals surface area contributed by atoms with E-state index >= 15 is 0 Å². The van der Waals surface area contributed by atoms with Crippen LogP contribution in [0.3, 0.4) is 0 Å². The van der Waals surface area contributed by atoms with Crippen LogP contribution in [0.15, 0.2) is 24.3 Å². The van der Waals surface area contributed by atoms with Crippen molar-refractivity contribution in [2.75, 3.05) is 0 Å². The van der Waals surface area contributed by atoms with E-state index in [4.69, 9.17) is 0 Å². The van der Waals surface area contributed by atoms with E-state index in [0.717, 1.165) is 16.3 Å². The normalized spacial score (nSPS) is 13.9. The summed E-state index contributed by atoms with van der Waals surface area (Å²) in [7, 11) is 0. The van der Waals surface area contributed by atoms with Gasteiger partial charge in [0.15, 0.2) is 0 Å². The molecule has 0 spiro atoms. The Balaban J connectivity index is 2.14. The van der Waals surface area contributed by atoms with Gasteiger partial charge in [-0.1, -0.05) is 12.1 Å². The number of nitro benzene ring substituents is 1. The number of rotatable bonds is 5. The fourth-order valence-electron chi connectivity index (χ4n) is 2.40. The zero-order chi connectivity index (χ0) is 15.6. The van der Waals surface area contributed by atoms with Crippen molar-refractivity contribution in [3.05, 3.63) is 55.5 Å². The molecule has 112 valence electrons. The van der Waals surface area contributed by atoms with Gasteiger partial charge in [-0.3, -0.25) is 10.1 Å². The number of aromatic nitrogens is 1. The maximum absolute atomic E-state index is 10.8. The smallest absolute Gasteiger partial charge is 0.269 e. The predicted octanol–water partition coefficient (Wildman–Crippen LogP) is 4.08. The number of non-ortho nitro benzene ring substituents is 1. The van der Waals surface area contributed by atoms with Gasteiger partial charge in [0.1, 0.15) is 0 Å². The molecule has 2 aromatic rings. The highest BCUT2D eigenvalue weighted by Gasteiger charge is 2.17. The average molecular weight is 305 g/mol. The van der Waals surface area contributed by atoms with Crippen LogP contribution in [-0.2, 0) is 0 Å². The molecule has 1 N–H and O–H groups in total. The minimum Gasteiger partial charge on any atom is -0.302 e. The number of hydrogen-bond donors (Lipinski definition) is 1. The summed E-state index contributed by atoms with van der Waals surface area (Å²) in [4.78, 5) is 16.2. The first-order valence-corrected chi connectivity index (χ1v) is 7.64. The second-order valence-electron chi connectivity index (χ2n) is 5.14. The van der Waals surface area contributed by atoms with Gasteiger partial charge in [-0.05, 0) is 33.3 Å². The molecule has 0 aliphatic carbocycles. The molecule has 0 bridgehead atoms. The molecule has 0 aliphatic heterocycles. The molecule has 2 atom stereocenters. The van der Waals surface area contributed by atoms with E-state index < -0.39 is 0 Å². The first-order valence-electron chi connectivity index (χ1n) is 6.82. The minimum absolute atomic E-state index is 0.0151. The lowest BCUT2D eigenvalue weighted by Crippen LogP contribution is -2.23. The van der Waals surface area contributed by atoms with Gasteiger partial charge in [-0.2, -0.15) is 0 Å². The van der Waals surface area contributed by atoms with Gasteiger partial charge in [-0.15, -0.1) is 11.3 Å². The first-order chi connectivity index (χ1) is 9.88. The average Bonchev–Trinajstić information content (AvgIpc) is 2.77. The molecule has 2 unspecified atom stereocenters. The van der Waals surface area contributed by atoms with Gasteiger partial charge >= 0.3 is 0 Å². The van der Waals surface area contributed by atoms with Gasteiger partial charge in [0.05, 0.1) is 15.6 Å². The highest BCUT2D eigenvalue weighted by atomic mass is 32.1. The van der Waals surface area contributed by atoms with Crippen LogP contribution in [0.25, 0.3) is 0 Å². The van der Waals surface area contributed by atoms with Crippen molar-refractivity contribution in [2.45, 2.75) is 39.8 Å². The highest BCUT2D eigenvalue weighted by Crippen LogP contribution is 2.26. The zero-order valence-electron chi connectivity index (χ0n) is 12.6. The third-order valence-electron chi connectivity index (χ3n) is 3.43. The molecule has 6 heteroatoms. The number of nitro groups is 1. The summed E-state index contributed by atoms with van der Waals surface area (Å²) in [5, 5.41) is 15.4. The number of benzene rings is 1. The van der Waals surface area contributed by atoms with Crippen LogP contribution < -0.4 is 5.32 Å². The Morgan fingerprint density at radius 3 is 2.57 bits per heavy atom. The second-order valence-corrected chi connectivity index (χ2v) is 6.54. The SMILES string of the molecule is Cc1nc(C(C)NC(C)c2cccc([N+](=O)[O-])c2)c(C)s1. The fraction of sp³-hybridized carbons (Fsp3) is 0.400. The first kappa shape index (κ1) is 15.6. The monoisotopic (exact) mass is 305 g/mol. The number of hydrogen-bond acceptors (Lipinski definition) is 5. The van der Waals surface area contributed by atoms with E-state index in [-0.39, 0.29) is 22.7 Å². The summed E-state index contributed by atoms with van der Waals surface area (Å²) in [5.41, 5.74) is 2.07. The van der Waals surface area contributed by atoms with Gasteiger partial charge < -0.3 is 5.32 Å². The summed E-state index contributed by atoms with van der Waals surface area (Å²) in [6.45, 7) is 8.13. The number of thiazole rings is 1. The molecule has 0 saturated carbocycles. The van der Waals surface area contributed by atoms with Crippen LogP contribution in [0.2, 0.25) is 0 Å². The van der Waals surface area contributed by atoms with E-state index in [0.29, 0.717) is 0 Å². The Labute approximate surface area is 128 Å². The topological polar surface area (TPSA) is 68.1 Å². The van der Waals surface area contributed by atoms with Crippen molar-refractivity contribution in [3.8, 4) is 0 Å². The molecule has 5 nitrogen and oxygen atoms in total. The maximum Gasteiger partial charge on any atom is 0.269 e. The van der Waals surface area contributed by atoms with Crippen molar-refractivity contribution in [1.82, 2.24) is 10.3 Å². The van der Waals surface area contributed by atoms with Crippen LogP contribution in [0.1, 0.15) is 47.1 Å². The molecule has 21 heavy (non-hydrogen) atoms. The standard InChI is InChI=1S/C15H19N3O2S/c1-9(13-6-5-7-14(8-13)18(19)20)16-10(2)15-11(3)21-12(4)17-15/h5-10,16H,1-4H3. The quantitative estimate of drug-likeness (QED) is 0.667. The molecule has 1 heterocycles. The molecule has 0 amide bonds. The largest absolute Gasteiger partial charge is 0.302 e. The van der Waals surface area contributed by atoms with E-state index in [1.165, 1.54) is 10.9 Å². The van der Waals surface area contributed by atoms with E-state index in [1.807, 2.05) is 19.9 Å². The summed E-state index contributed by atoms with van der Waals surface area (Å²) in [5.74, 6) is 0. The van der Waals surface area contributed by atoms with Crippen molar-refractivity contribution in [2.24, 2.45) is 0 Å². The minimum atomic E-state index is -0.367. The molecule has 0 aliphatic rings. The highest BCUT2D eigenvalue weighted by molar-refractivity contribution is 7.11. The van der Waals surface area contributed by atoms with Crippen molar-refractivity contribution in [3.63, 3.8) is 0 Å². The van der Waals surface area contributed by atoms with Crippen LogP contribution in [-0.4, -0.2) is 9.91 Å². The molecular formula is C15H19N3O2S. The van der Waals surface area contributed by atoms with E-state index in [1.54, 1.807) is 23.5 Å². The molecule has 0 saturated heterocycles. The molecule has 1 aromatic carbocycles. The summed E-state index contributed by atoms with van der Waals surface area (Å²) < 4.78 is 0. The lowest BCUT2D eigenvalue weighted by atomic mass is 10.1. The summed E-state index contributed by atoms with van der Waals surface area (Å²) in [6.07, 6.45) is 0. The van der Waals surface area contributed by atoms with Crippen molar-refractivity contribution < 1.29 is 4.92 Å². The maximum atomic E-state index is 10.8. The zero-order valence-corrected chi connectivity index (χ0v) is 13.4. The van der Waals surface area contributed by atoms with Crippen LogP contribution >= 0.6 is 11.3 Å². The Bertz CT molecular complexity index is 654. The molecular weight excluding hydrogens is 286 g/mol. The Hall–Kier alpha value is -1.79. The van der Waals surface area contributed by atoms with Gasteiger partial charge in [0.25, 0.3) is 5.69 Å². The molecule has 2 rings (SSSR count). The molecule has 0 fully saturated rings.